The second-order valence-corrected chi connectivity index (χ2v) is 8.91. The minimum Gasteiger partial charge on any atom is -0.504 e. The van der Waals surface area contributed by atoms with Crippen LogP contribution in [0.25, 0.3) is 6.08 Å². The van der Waals surface area contributed by atoms with Gasteiger partial charge in [0.25, 0.3) is 0 Å². The van der Waals surface area contributed by atoms with Crippen LogP contribution >= 0.6 is 0 Å². The maximum atomic E-state index is 12.1. The SMILES string of the molecule is CCCCCCCCCCCCCCc1ccc(NC(=O)/C=C/c2ccc(O)c(O)c2)cc1. The standard InChI is InChI=1S/C29H41NO3/c1-2-3-4-5-6-7-8-9-10-11-12-13-14-24-15-19-26(20-16-24)30-29(33)22-18-25-17-21-27(31)28(32)23-25/h15-23,31-32H,2-14H2,1H3,(H,30,33)/b22-18+. The summed E-state index contributed by atoms with van der Waals surface area (Å²) < 4.78 is 0. The molecule has 0 aromatic heterocycles. The second-order valence-electron chi connectivity index (χ2n) is 8.91. The summed E-state index contributed by atoms with van der Waals surface area (Å²) in [4.78, 5) is 12.1. The van der Waals surface area contributed by atoms with E-state index in [9.17, 15) is 15.0 Å². The highest BCUT2D eigenvalue weighted by molar-refractivity contribution is 6.01. The van der Waals surface area contributed by atoms with Gasteiger partial charge >= 0.3 is 0 Å². The molecule has 2 aromatic rings. The van der Waals surface area contributed by atoms with Crippen LogP contribution < -0.4 is 5.32 Å². The molecule has 0 heterocycles. The Morgan fingerprint density at radius 1 is 0.758 bits per heavy atom. The number of nitrogens with one attached hydrogen (secondary N) is 1. The quantitative estimate of drug-likeness (QED) is 0.138. The van der Waals surface area contributed by atoms with Crippen LogP contribution in [0.2, 0.25) is 0 Å². The van der Waals surface area contributed by atoms with E-state index in [2.05, 4.69) is 24.4 Å². The number of aryl methyl sites for hydroxylation is 1. The summed E-state index contributed by atoms with van der Waals surface area (Å²) in [5, 5.41) is 21.7. The van der Waals surface area contributed by atoms with Crippen LogP contribution in [-0.2, 0) is 11.2 Å². The first-order chi connectivity index (χ1) is 16.1. The first kappa shape index (κ1) is 26.5. The van der Waals surface area contributed by atoms with E-state index < -0.39 is 0 Å². The van der Waals surface area contributed by atoms with E-state index in [0.717, 1.165) is 12.1 Å². The molecular weight excluding hydrogens is 410 g/mol. The van der Waals surface area contributed by atoms with E-state index in [-0.39, 0.29) is 17.4 Å². The average Bonchev–Trinajstić information content (AvgIpc) is 2.81. The predicted molar refractivity (Wildman–Crippen MR) is 139 cm³/mol. The molecule has 4 heteroatoms. The Bertz CT molecular complexity index is 842. The van der Waals surface area contributed by atoms with Crippen LogP contribution in [0, 0.1) is 0 Å². The molecule has 0 fully saturated rings. The third-order valence-corrected chi connectivity index (χ3v) is 5.97. The number of benzene rings is 2. The zero-order valence-electron chi connectivity index (χ0n) is 20.2. The summed E-state index contributed by atoms with van der Waals surface area (Å²) in [6.45, 7) is 2.27. The molecule has 0 saturated carbocycles. The number of anilines is 1. The van der Waals surface area contributed by atoms with Gasteiger partial charge in [0, 0.05) is 11.8 Å². The molecule has 3 N–H and O–H groups in total. The van der Waals surface area contributed by atoms with Gasteiger partial charge in [-0.2, -0.15) is 0 Å². The molecule has 0 bridgehead atoms. The summed E-state index contributed by atoms with van der Waals surface area (Å²) >= 11 is 0. The van der Waals surface area contributed by atoms with E-state index in [1.54, 1.807) is 12.1 Å². The Morgan fingerprint density at radius 3 is 1.91 bits per heavy atom. The third-order valence-electron chi connectivity index (χ3n) is 5.97. The maximum Gasteiger partial charge on any atom is 0.248 e. The molecule has 1 amide bonds. The third kappa shape index (κ3) is 11.6. The van der Waals surface area contributed by atoms with Crippen LogP contribution in [0.3, 0.4) is 0 Å². The lowest BCUT2D eigenvalue weighted by molar-refractivity contribution is -0.111. The fraction of sp³-hybridized carbons (Fsp3) is 0.483. The van der Waals surface area contributed by atoms with E-state index >= 15 is 0 Å². The van der Waals surface area contributed by atoms with Crippen LogP contribution in [0.5, 0.6) is 11.5 Å². The molecule has 0 aliphatic rings. The van der Waals surface area contributed by atoms with E-state index in [1.165, 1.54) is 101 Å². The molecule has 0 radical (unpaired) electrons. The Hall–Kier alpha value is -2.75. The number of carbonyl (C=O) groups excluding carboxylic acids is 1. The van der Waals surface area contributed by atoms with Crippen molar-refractivity contribution in [3.63, 3.8) is 0 Å². The number of aromatic hydroxyl groups is 2. The Balaban J connectivity index is 1.56. The average molecular weight is 452 g/mol. The number of amides is 1. The summed E-state index contributed by atoms with van der Waals surface area (Å²) in [6, 6.07) is 12.5. The van der Waals surface area contributed by atoms with Crippen molar-refractivity contribution >= 4 is 17.7 Å². The molecule has 0 unspecified atom stereocenters. The molecule has 33 heavy (non-hydrogen) atoms. The molecule has 0 spiro atoms. The highest BCUT2D eigenvalue weighted by Gasteiger charge is 2.01. The van der Waals surface area contributed by atoms with Gasteiger partial charge in [0.2, 0.25) is 5.91 Å². The van der Waals surface area contributed by atoms with Crippen LogP contribution in [0.4, 0.5) is 5.69 Å². The van der Waals surface area contributed by atoms with E-state index in [4.69, 9.17) is 0 Å². The number of carbonyl (C=O) groups is 1. The Labute approximate surface area is 199 Å². The van der Waals surface area contributed by atoms with Gasteiger partial charge in [-0.1, -0.05) is 95.8 Å². The number of hydrogen-bond donors (Lipinski definition) is 3. The first-order valence-electron chi connectivity index (χ1n) is 12.7. The monoisotopic (exact) mass is 451 g/mol. The van der Waals surface area contributed by atoms with Gasteiger partial charge in [0.1, 0.15) is 0 Å². The van der Waals surface area contributed by atoms with Crippen molar-refractivity contribution in [1.29, 1.82) is 0 Å². The van der Waals surface area contributed by atoms with Crippen LogP contribution in [-0.4, -0.2) is 16.1 Å². The zero-order chi connectivity index (χ0) is 23.7. The minimum absolute atomic E-state index is 0.180. The molecule has 4 nitrogen and oxygen atoms in total. The largest absolute Gasteiger partial charge is 0.504 e. The topological polar surface area (TPSA) is 69.6 Å². The first-order valence-corrected chi connectivity index (χ1v) is 12.7. The molecule has 2 rings (SSSR count). The van der Waals surface area contributed by atoms with Crippen LogP contribution in [0.1, 0.15) is 95.1 Å². The fourth-order valence-electron chi connectivity index (χ4n) is 3.92. The van der Waals surface area contributed by atoms with Gasteiger partial charge in [-0.25, -0.2) is 0 Å². The number of rotatable bonds is 16. The highest BCUT2D eigenvalue weighted by atomic mass is 16.3. The molecule has 0 atom stereocenters. The summed E-state index contributed by atoms with van der Waals surface area (Å²) in [5.74, 6) is -0.627. The van der Waals surface area contributed by atoms with E-state index in [0.29, 0.717) is 5.56 Å². The molecule has 0 aliphatic carbocycles. The van der Waals surface area contributed by atoms with Crippen molar-refractivity contribution in [2.75, 3.05) is 5.32 Å². The molecular formula is C29H41NO3. The molecule has 180 valence electrons. The predicted octanol–water partition coefficient (Wildman–Crippen LogP) is 7.99. The molecule has 0 aliphatic heterocycles. The summed E-state index contributed by atoms with van der Waals surface area (Å²) in [5.41, 5.74) is 2.70. The Kier molecular flexibility index (Phi) is 12.8. The van der Waals surface area contributed by atoms with Crippen LogP contribution in [0.15, 0.2) is 48.5 Å². The lowest BCUT2D eigenvalue weighted by Crippen LogP contribution is -2.07. The number of unbranched alkanes of at least 4 members (excludes halogenated alkanes) is 11. The summed E-state index contributed by atoms with van der Waals surface area (Å²) in [7, 11) is 0. The molecule has 2 aromatic carbocycles. The minimum atomic E-state index is -0.240. The van der Waals surface area contributed by atoms with Gasteiger partial charge in [-0.05, 0) is 54.3 Å². The number of phenols is 2. The van der Waals surface area contributed by atoms with Gasteiger partial charge in [-0.15, -0.1) is 0 Å². The lowest BCUT2D eigenvalue weighted by atomic mass is 10.0. The smallest absolute Gasteiger partial charge is 0.248 e. The number of phenolic OH excluding ortho intramolecular Hbond substituents is 2. The zero-order valence-corrected chi connectivity index (χ0v) is 20.2. The maximum absolute atomic E-state index is 12.1. The van der Waals surface area contributed by atoms with Crippen molar-refractivity contribution < 1.29 is 15.0 Å². The second kappa shape index (κ2) is 16.0. The van der Waals surface area contributed by atoms with Gasteiger partial charge < -0.3 is 15.5 Å². The van der Waals surface area contributed by atoms with Gasteiger partial charge in [0.05, 0.1) is 0 Å². The van der Waals surface area contributed by atoms with Gasteiger partial charge in [-0.3, -0.25) is 4.79 Å². The van der Waals surface area contributed by atoms with Crippen molar-refractivity contribution in [2.45, 2.75) is 90.4 Å². The fourth-order valence-corrected chi connectivity index (χ4v) is 3.92. The number of hydrogen-bond acceptors (Lipinski definition) is 3. The summed E-state index contributed by atoms with van der Waals surface area (Å²) in [6.07, 6.45) is 20.4. The van der Waals surface area contributed by atoms with Gasteiger partial charge in [0.15, 0.2) is 11.5 Å². The van der Waals surface area contributed by atoms with E-state index in [1.807, 2.05) is 12.1 Å². The van der Waals surface area contributed by atoms with Crippen molar-refractivity contribution in [3.8, 4) is 11.5 Å². The van der Waals surface area contributed by atoms with Crippen molar-refractivity contribution in [2.24, 2.45) is 0 Å². The molecule has 0 saturated heterocycles. The highest BCUT2D eigenvalue weighted by Crippen LogP contribution is 2.25. The van der Waals surface area contributed by atoms with Crippen molar-refractivity contribution in [1.82, 2.24) is 0 Å². The normalized spacial score (nSPS) is 11.2. The lowest BCUT2D eigenvalue weighted by Gasteiger charge is -2.06. The Morgan fingerprint density at radius 2 is 1.33 bits per heavy atom. The van der Waals surface area contributed by atoms with Crippen molar-refractivity contribution in [3.05, 3.63) is 59.7 Å².